The molecule has 0 aromatic carbocycles. The Balaban J connectivity index is 0. The zero-order chi connectivity index (χ0) is 10.2. The molecule has 82 valence electrons. The molecule has 0 unspecified atom stereocenters. The molecule has 0 aliphatic carbocycles. The largest absolute Gasteiger partial charge is 0.292 e. The lowest BCUT2D eigenvalue weighted by atomic mass is 10.2. The monoisotopic (exact) mass is 203 g/mol. The molecule has 0 saturated carbocycles. The van der Waals surface area contributed by atoms with Crippen LogP contribution >= 0.6 is 7.92 Å². The van der Waals surface area contributed by atoms with Gasteiger partial charge < -0.3 is 0 Å². The summed E-state index contributed by atoms with van der Waals surface area (Å²) >= 11 is 0. The van der Waals surface area contributed by atoms with Crippen LogP contribution in [0.15, 0.2) is 0 Å². The van der Waals surface area contributed by atoms with Gasteiger partial charge in [0.05, 0.1) is 0 Å². The Morgan fingerprint density at radius 2 is 1.00 bits per heavy atom. The van der Waals surface area contributed by atoms with Crippen LogP contribution in [-0.4, -0.2) is 10.3 Å². The summed E-state index contributed by atoms with van der Waals surface area (Å²) in [6.07, 6.45) is 0. The third-order valence-corrected chi connectivity index (χ3v) is 5.37. The maximum absolute atomic E-state index is 2.36. The van der Waals surface area contributed by atoms with Crippen LogP contribution in [0.25, 0.3) is 0 Å². The highest BCUT2D eigenvalue weighted by molar-refractivity contribution is 7.63. The van der Waals surface area contributed by atoms with Gasteiger partial charge in [-0.05, 0) is 10.3 Å². The highest BCUT2D eigenvalue weighted by Gasteiger charge is 2.28. The lowest BCUT2D eigenvalue weighted by Gasteiger charge is -2.53. The molecule has 0 amide bonds. The molecule has 0 aliphatic heterocycles. The molecule has 1 heteroatoms. The van der Waals surface area contributed by atoms with Crippen LogP contribution in [-0.2, 0) is 0 Å². The van der Waals surface area contributed by atoms with Gasteiger partial charge in [-0.15, -0.1) is 0 Å². The lowest BCUT2D eigenvalue weighted by Crippen LogP contribution is -2.26. The second-order valence-corrected chi connectivity index (χ2v) is 9.87. The van der Waals surface area contributed by atoms with E-state index < -0.39 is 0 Å². The Hall–Kier alpha value is 0.430. The van der Waals surface area contributed by atoms with Crippen molar-refractivity contribution in [2.75, 3.05) is 0 Å². The molecule has 0 atom stereocenters. The molecule has 0 rings (SSSR count). The fraction of sp³-hybridized carbons (Fsp3) is 0.917. The van der Waals surface area contributed by atoms with Gasteiger partial charge in [-0.25, -0.2) is 0 Å². The molecule has 0 aliphatic rings. The summed E-state index contributed by atoms with van der Waals surface area (Å²) in [6, 6.07) is 0. The Bertz CT molecular complexity index is 120. The second-order valence-electron chi connectivity index (χ2n) is 5.62. The van der Waals surface area contributed by atoms with E-state index in [2.05, 4.69) is 55.4 Å². The normalized spacial score (nSPS) is 13.4. The topological polar surface area (TPSA) is 0 Å². The Labute approximate surface area is 87.3 Å². The highest BCUT2D eigenvalue weighted by Crippen LogP contribution is 2.65. The summed E-state index contributed by atoms with van der Waals surface area (Å²) < 4.78 is 0. The highest BCUT2D eigenvalue weighted by atomic mass is 31.1. The van der Waals surface area contributed by atoms with Gasteiger partial charge in [0, 0.05) is 0 Å². The molecule has 0 N–H and O–H groups in total. The van der Waals surface area contributed by atoms with Crippen LogP contribution in [0.2, 0.25) is 0 Å². The van der Waals surface area contributed by atoms with Crippen LogP contribution in [0.5, 0.6) is 0 Å². The molecular formula is C12H28P-. The maximum atomic E-state index is 2.36. The second kappa shape index (κ2) is 4.78. The van der Waals surface area contributed by atoms with Crippen molar-refractivity contribution in [3.05, 3.63) is 5.66 Å². The zero-order valence-corrected chi connectivity index (χ0v) is 10.8. The van der Waals surface area contributed by atoms with Crippen molar-refractivity contribution < 1.29 is 0 Å². The van der Waals surface area contributed by atoms with Gasteiger partial charge in [0.1, 0.15) is 0 Å². The minimum Gasteiger partial charge on any atom is -0.292 e. The Morgan fingerprint density at radius 1 is 0.769 bits per heavy atom. The Kier molecular flexibility index (Phi) is 5.84. The van der Waals surface area contributed by atoms with E-state index >= 15 is 0 Å². The summed E-state index contributed by atoms with van der Waals surface area (Å²) in [6.45, 7) is 18.7. The van der Waals surface area contributed by atoms with Gasteiger partial charge in [-0.1, -0.05) is 49.0 Å². The van der Waals surface area contributed by atoms with Gasteiger partial charge >= 0.3 is 0 Å². The van der Waals surface area contributed by atoms with E-state index in [1.54, 1.807) is 5.66 Å². The standard InChI is InChI=1S/C11H24P.CH4/c1-9(2)12(10(3,4)5)11(6,7)8;/h1-8H3;1H4/q-1;. The van der Waals surface area contributed by atoms with E-state index in [9.17, 15) is 0 Å². The molecule has 0 aromatic rings. The van der Waals surface area contributed by atoms with E-state index in [0.717, 1.165) is 0 Å². The quantitative estimate of drug-likeness (QED) is 0.402. The molecule has 0 bridgehead atoms. The van der Waals surface area contributed by atoms with Crippen molar-refractivity contribution >= 4 is 7.92 Å². The van der Waals surface area contributed by atoms with E-state index in [0.29, 0.717) is 10.3 Å². The average molecular weight is 203 g/mol. The predicted molar refractivity (Wildman–Crippen MR) is 67.7 cm³/mol. The van der Waals surface area contributed by atoms with Crippen molar-refractivity contribution in [2.24, 2.45) is 0 Å². The summed E-state index contributed by atoms with van der Waals surface area (Å²) in [5.74, 6) is 0. The van der Waals surface area contributed by atoms with Crippen molar-refractivity contribution in [1.82, 2.24) is 0 Å². The molecule has 0 fully saturated rings. The van der Waals surface area contributed by atoms with Crippen LogP contribution in [0.4, 0.5) is 0 Å². The summed E-state index contributed by atoms with van der Waals surface area (Å²) in [7, 11) is 0.0149. The first-order valence-electron chi connectivity index (χ1n) is 4.67. The molecule has 0 aromatic heterocycles. The smallest absolute Gasteiger partial charge is 0.0454 e. The van der Waals surface area contributed by atoms with Crippen LogP contribution in [0.1, 0.15) is 62.8 Å². The third kappa shape index (κ3) is 5.01. The fourth-order valence-corrected chi connectivity index (χ4v) is 7.04. The van der Waals surface area contributed by atoms with E-state index in [1.807, 2.05) is 0 Å². The first-order chi connectivity index (χ1) is 5.07. The van der Waals surface area contributed by atoms with Crippen molar-refractivity contribution in [1.29, 1.82) is 0 Å². The zero-order valence-electron chi connectivity index (χ0n) is 9.95. The minimum atomic E-state index is 0. The van der Waals surface area contributed by atoms with Crippen LogP contribution in [0.3, 0.4) is 0 Å². The van der Waals surface area contributed by atoms with Gasteiger partial charge in [0.2, 0.25) is 0 Å². The van der Waals surface area contributed by atoms with Crippen LogP contribution < -0.4 is 0 Å². The number of rotatable bonds is 1. The van der Waals surface area contributed by atoms with E-state index in [4.69, 9.17) is 0 Å². The van der Waals surface area contributed by atoms with E-state index in [1.165, 1.54) is 0 Å². The summed E-state index contributed by atoms with van der Waals surface area (Å²) in [4.78, 5) is 0. The average Bonchev–Trinajstić information content (AvgIpc) is 1.49. The SMILES string of the molecule is C.C[C-](C)P(C(C)(C)C)C(C)(C)C. The Morgan fingerprint density at radius 3 is 1.00 bits per heavy atom. The van der Waals surface area contributed by atoms with Crippen molar-refractivity contribution in [3.8, 4) is 0 Å². The van der Waals surface area contributed by atoms with Crippen LogP contribution in [0, 0.1) is 5.66 Å². The van der Waals surface area contributed by atoms with E-state index in [-0.39, 0.29) is 15.3 Å². The molecule has 0 spiro atoms. The van der Waals surface area contributed by atoms with Crippen molar-refractivity contribution in [3.63, 3.8) is 0 Å². The molecular weight excluding hydrogens is 175 g/mol. The van der Waals surface area contributed by atoms with Gasteiger partial charge in [0.15, 0.2) is 0 Å². The molecule has 0 heterocycles. The van der Waals surface area contributed by atoms with Crippen molar-refractivity contribution in [2.45, 2.75) is 73.1 Å². The summed E-state index contributed by atoms with van der Waals surface area (Å²) in [5.41, 5.74) is 1.62. The summed E-state index contributed by atoms with van der Waals surface area (Å²) in [5, 5.41) is 0.902. The maximum Gasteiger partial charge on any atom is -0.0454 e. The molecule has 0 nitrogen and oxygen atoms in total. The lowest BCUT2D eigenvalue weighted by molar-refractivity contribution is 0.704. The predicted octanol–water partition coefficient (Wildman–Crippen LogP) is 5.27. The molecule has 0 saturated heterocycles. The minimum absolute atomic E-state index is 0. The number of hydrogen-bond donors (Lipinski definition) is 0. The molecule has 13 heavy (non-hydrogen) atoms. The fourth-order valence-electron chi connectivity index (χ4n) is 2.35. The first kappa shape index (κ1) is 15.9. The first-order valence-corrected chi connectivity index (χ1v) is 6.01. The molecule has 0 radical (unpaired) electrons. The third-order valence-electron chi connectivity index (χ3n) is 1.79. The van der Waals surface area contributed by atoms with Gasteiger partial charge in [-0.2, -0.15) is 13.8 Å². The van der Waals surface area contributed by atoms with Gasteiger partial charge in [-0.3, -0.25) is 13.6 Å². The number of hydrogen-bond acceptors (Lipinski definition) is 0. The van der Waals surface area contributed by atoms with Gasteiger partial charge in [0.25, 0.3) is 0 Å².